The highest BCUT2D eigenvalue weighted by Crippen LogP contribution is 2.39. The zero-order valence-corrected chi connectivity index (χ0v) is 16.3. The lowest BCUT2D eigenvalue weighted by Gasteiger charge is -2.22. The molecular formula is C21H20F2N2S2. The van der Waals surface area contributed by atoms with Gasteiger partial charge >= 0.3 is 0 Å². The van der Waals surface area contributed by atoms with Gasteiger partial charge in [0.25, 0.3) is 0 Å². The van der Waals surface area contributed by atoms with Gasteiger partial charge in [-0.25, -0.2) is 8.78 Å². The maximum absolute atomic E-state index is 13.4. The van der Waals surface area contributed by atoms with Crippen LogP contribution in [0.3, 0.4) is 0 Å². The minimum Gasteiger partial charge on any atom is -0.359 e. The van der Waals surface area contributed by atoms with E-state index in [0.717, 1.165) is 23.1 Å². The number of fused-ring (bicyclic) bond motifs is 2. The summed E-state index contributed by atoms with van der Waals surface area (Å²) in [6.45, 7) is 0. The third-order valence-electron chi connectivity index (χ3n) is 5.05. The fourth-order valence-electron chi connectivity index (χ4n) is 3.82. The van der Waals surface area contributed by atoms with Crippen LogP contribution in [0.1, 0.15) is 18.4 Å². The lowest BCUT2D eigenvalue weighted by molar-refractivity contribution is 0.526. The minimum atomic E-state index is -0.553. The van der Waals surface area contributed by atoms with Gasteiger partial charge in [0.1, 0.15) is 11.6 Å². The Morgan fingerprint density at radius 3 is 2.56 bits per heavy atom. The van der Waals surface area contributed by atoms with Crippen molar-refractivity contribution in [2.45, 2.75) is 29.5 Å². The molecule has 6 heteroatoms. The quantitative estimate of drug-likeness (QED) is 0.391. The number of thioether (sulfide) groups is 1. The molecule has 0 unspecified atom stereocenters. The fraction of sp³-hybridized carbons (Fsp3) is 0.286. The lowest BCUT2D eigenvalue weighted by atomic mass is 10.0. The van der Waals surface area contributed by atoms with Crippen molar-refractivity contribution >= 4 is 34.8 Å². The van der Waals surface area contributed by atoms with E-state index in [1.165, 1.54) is 30.3 Å². The Labute approximate surface area is 167 Å². The lowest BCUT2D eigenvalue weighted by Crippen LogP contribution is -2.40. The zero-order valence-electron chi connectivity index (χ0n) is 14.6. The average Bonchev–Trinajstić information content (AvgIpc) is 3.23. The number of anilines is 1. The smallest absolute Gasteiger partial charge is 0.171 e. The van der Waals surface area contributed by atoms with Crippen LogP contribution in [0.25, 0.3) is 0 Å². The maximum atomic E-state index is 13.4. The second-order valence-corrected chi connectivity index (χ2v) is 8.47. The van der Waals surface area contributed by atoms with Gasteiger partial charge in [-0.2, -0.15) is 0 Å². The molecule has 2 nitrogen and oxygen atoms in total. The van der Waals surface area contributed by atoms with Gasteiger partial charge in [-0.1, -0.05) is 24.3 Å². The molecule has 0 saturated heterocycles. The van der Waals surface area contributed by atoms with Crippen LogP contribution in [-0.2, 0) is 5.75 Å². The first-order valence-corrected chi connectivity index (χ1v) is 10.4. The van der Waals surface area contributed by atoms with E-state index >= 15 is 0 Å². The largest absolute Gasteiger partial charge is 0.359 e. The molecule has 0 aliphatic heterocycles. The monoisotopic (exact) mass is 402 g/mol. The number of halogens is 2. The molecule has 140 valence electrons. The highest BCUT2D eigenvalue weighted by Gasteiger charge is 2.35. The third kappa shape index (κ3) is 4.50. The number of allylic oxidation sites excluding steroid dienone is 1. The second-order valence-electron chi connectivity index (χ2n) is 7.05. The van der Waals surface area contributed by atoms with E-state index in [2.05, 4.69) is 22.8 Å². The number of benzene rings is 2. The highest BCUT2D eigenvalue weighted by atomic mass is 32.2. The number of rotatable bonds is 5. The maximum Gasteiger partial charge on any atom is 0.171 e. The Hall–Kier alpha value is -1.92. The summed E-state index contributed by atoms with van der Waals surface area (Å²) in [5.74, 6) is 0.627. The summed E-state index contributed by atoms with van der Waals surface area (Å²) in [7, 11) is 0. The fourth-order valence-corrected chi connectivity index (χ4v) is 5.02. The molecule has 1 saturated carbocycles. The number of hydrogen-bond acceptors (Lipinski definition) is 2. The molecule has 2 aliphatic rings. The molecule has 2 aromatic carbocycles. The van der Waals surface area contributed by atoms with Gasteiger partial charge in [-0.3, -0.25) is 0 Å². The topological polar surface area (TPSA) is 24.1 Å². The van der Waals surface area contributed by atoms with Gasteiger partial charge in [0.05, 0.1) is 5.69 Å². The predicted octanol–water partition coefficient (Wildman–Crippen LogP) is 5.51. The van der Waals surface area contributed by atoms with Crippen LogP contribution >= 0.6 is 24.0 Å². The van der Waals surface area contributed by atoms with Crippen LogP contribution in [0.4, 0.5) is 14.5 Å². The summed E-state index contributed by atoms with van der Waals surface area (Å²) in [4.78, 5) is 0.985. The van der Waals surface area contributed by atoms with E-state index in [4.69, 9.17) is 12.2 Å². The van der Waals surface area contributed by atoms with Gasteiger partial charge in [0, 0.05) is 22.8 Å². The summed E-state index contributed by atoms with van der Waals surface area (Å²) >= 11 is 7.03. The van der Waals surface area contributed by atoms with E-state index < -0.39 is 11.6 Å². The summed E-state index contributed by atoms with van der Waals surface area (Å²) in [5.41, 5.74) is 1.51. The predicted molar refractivity (Wildman–Crippen MR) is 111 cm³/mol. The molecule has 4 rings (SSSR count). The Balaban J connectivity index is 1.38. The summed E-state index contributed by atoms with van der Waals surface area (Å²) in [6.07, 6.45) is 6.94. The van der Waals surface area contributed by atoms with Crippen LogP contribution in [-0.4, -0.2) is 11.2 Å². The van der Waals surface area contributed by atoms with Crippen LogP contribution in [0.5, 0.6) is 0 Å². The van der Waals surface area contributed by atoms with E-state index in [9.17, 15) is 8.78 Å². The average molecular weight is 403 g/mol. The first-order valence-electron chi connectivity index (χ1n) is 8.99. The number of nitrogens with one attached hydrogen (secondary N) is 2. The van der Waals surface area contributed by atoms with Crippen molar-refractivity contribution in [1.29, 1.82) is 0 Å². The van der Waals surface area contributed by atoms with Crippen molar-refractivity contribution in [3.63, 3.8) is 0 Å². The molecule has 0 heterocycles. The summed E-state index contributed by atoms with van der Waals surface area (Å²) < 4.78 is 26.7. The van der Waals surface area contributed by atoms with Crippen molar-refractivity contribution < 1.29 is 8.78 Å². The van der Waals surface area contributed by atoms with E-state index in [-0.39, 0.29) is 0 Å². The van der Waals surface area contributed by atoms with Crippen LogP contribution in [0, 0.1) is 23.5 Å². The van der Waals surface area contributed by atoms with Crippen molar-refractivity contribution in [2.75, 3.05) is 5.32 Å². The SMILES string of the molecule is Fc1cc(F)cc(CSc2ccccc2NC(=S)N[C@H]2C[C@H]3C=C[C@H]2C3)c1. The second kappa shape index (κ2) is 7.98. The molecule has 0 spiro atoms. The molecule has 0 aromatic heterocycles. The van der Waals surface area contributed by atoms with Gasteiger partial charge < -0.3 is 10.6 Å². The van der Waals surface area contributed by atoms with E-state index in [0.29, 0.717) is 34.3 Å². The number of thiocarbonyl (C=S) groups is 1. The molecule has 2 aromatic rings. The van der Waals surface area contributed by atoms with E-state index in [1.807, 2.05) is 24.3 Å². The summed E-state index contributed by atoms with van der Waals surface area (Å²) in [6, 6.07) is 11.8. The van der Waals surface area contributed by atoms with Crippen LogP contribution in [0.2, 0.25) is 0 Å². The minimum absolute atomic E-state index is 0.398. The number of hydrogen-bond donors (Lipinski definition) is 2. The van der Waals surface area contributed by atoms with Crippen LogP contribution in [0.15, 0.2) is 59.5 Å². The molecule has 2 bridgehead atoms. The van der Waals surface area contributed by atoms with Gasteiger partial charge in [0.15, 0.2) is 5.11 Å². The molecular weight excluding hydrogens is 382 g/mol. The Bertz CT molecular complexity index is 864. The molecule has 2 N–H and O–H groups in total. The Morgan fingerprint density at radius 2 is 1.85 bits per heavy atom. The van der Waals surface area contributed by atoms with Crippen molar-refractivity contribution in [3.8, 4) is 0 Å². The first-order chi connectivity index (χ1) is 13.1. The van der Waals surface area contributed by atoms with Crippen molar-refractivity contribution in [3.05, 3.63) is 71.8 Å². The normalized spacial score (nSPS) is 22.8. The first kappa shape index (κ1) is 18.4. The third-order valence-corrected chi connectivity index (χ3v) is 6.41. The van der Waals surface area contributed by atoms with E-state index in [1.54, 1.807) is 0 Å². The van der Waals surface area contributed by atoms with Gasteiger partial charge in [0.2, 0.25) is 0 Å². The highest BCUT2D eigenvalue weighted by molar-refractivity contribution is 7.98. The van der Waals surface area contributed by atoms with Crippen molar-refractivity contribution in [1.82, 2.24) is 5.32 Å². The zero-order chi connectivity index (χ0) is 18.8. The number of para-hydroxylation sites is 1. The van der Waals surface area contributed by atoms with Gasteiger partial charge in [-0.15, -0.1) is 11.8 Å². The summed E-state index contributed by atoms with van der Waals surface area (Å²) in [5, 5.41) is 7.34. The standard InChI is InChI=1S/C21H20F2N2S2/c22-16-8-14(9-17(23)11-16)12-27-20-4-2-1-3-18(20)24-21(26)25-19-10-13-5-6-15(19)7-13/h1-6,8-9,11,13,15,19H,7,10,12H2,(H2,24,25,26)/t13-,15-,19-/m0/s1. The van der Waals surface area contributed by atoms with Crippen molar-refractivity contribution in [2.24, 2.45) is 11.8 Å². The molecule has 0 amide bonds. The Kier molecular flexibility index (Phi) is 5.45. The molecule has 27 heavy (non-hydrogen) atoms. The molecule has 2 aliphatic carbocycles. The van der Waals surface area contributed by atoms with Gasteiger partial charge in [-0.05, 0) is 66.7 Å². The molecule has 1 fully saturated rings. The molecule has 0 radical (unpaired) electrons. The Morgan fingerprint density at radius 1 is 1.07 bits per heavy atom. The molecule has 3 atom stereocenters. The van der Waals surface area contributed by atoms with Crippen LogP contribution < -0.4 is 10.6 Å².